The van der Waals surface area contributed by atoms with Crippen molar-refractivity contribution in [3.8, 4) is 6.07 Å². The number of hydrogen-bond donors (Lipinski definition) is 1. The summed E-state index contributed by atoms with van der Waals surface area (Å²) in [6.45, 7) is 0.383. The molecular weight excluding hydrogens is 364 g/mol. The molecule has 0 saturated heterocycles. The van der Waals surface area contributed by atoms with Crippen LogP contribution in [0.25, 0.3) is 0 Å². The normalized spacial score (nSPS) is 10.5. The highest BCUT2D eigenvalue weighted by Gasteiger charge is 2.15. The number of nitrogens with zero attached hydrogens (tertiary/aromatic N) is 7. The number of nitriles is 1. The first-order chi connectivity index (χ1) is 11.1. The molecule has 3 rings (SSSR count). The van der Waals surface area contributed by atoms with E-state index in [1.54, 1.807) is 41.1 Å². The third-order valence-corrected chi connectivity index (χ3v) is 3.47. The molecule has 9 nitrogen and oxygen atoms in total. The Morgan fingerprint density at radius 2 is 2.22 bits per heavy atom. The largest absolute Gasteiger partial charge is 0.304 e. The van der Waals surface area contributed by atoms with Gasteiger partial charge in [-0.1, -0.05) is 0 Å². The van der Waals surface area contributed by atoms with Crippen LogP contribution in [0, 0.1) is 11.3 Å². The average molecular weight is 375 g/mol. The molecule has 0 atom stereocenters. The van der Waals surface area contributed by atoms with E-state index in [4.69, 9.17) is 5.26 Å². The lowest BCUT2D eigenvalue weighted by molar-refractivity contribution is 0.102. The van der Waals surface area contributed by atoms with Gasteiger partial charge in [-0.05, 0) is 22.0 Å². The number of nitrogens with one attached hydrogen (secondary N) is 1. The van der Waals surface area contributed by atoms with Gasteiger partial charge in [-0.15, -0.1) is 0 Å². The van der Waals surface area contributed by atoms with Gasteiger partial charge in [0.15, 0.2) is 5.69 Å². The molecule has 116 valence electrons. The van der Waals surface area contributed by atoms with Gasteiger partial charge >= 0.3 is 0 Å². The summed E-state index contributed by atoms with van der Waals surface area (Å²) in [5, 5.41) is 23.9. The summed E-state index contributed by atoms with van der Waals surface area (Å²) >= 11 is 3.32. The van der Waals surface area contributed by atoms with Crippen molar-refractivity contribution in [3.63, 3.8) is 0 Å². The minimum Gasteiger partial charge on any atom is -0.304 e. The maximum atomic E-state index is 12.2. The molecule has 0 aliphatic rings. The first-order valence-electron chi connectivity index (χ1n) is 6.51. The van der Waals surface area contributed by atoms with Crippen LogP contribution < -0.4 is 5.32 Å². The van der Waals surface area contributed by atoms with Crippen molar-refractivity contribution < 1.29 is 4.79 Å². The van der Waals surface area contributed by atoms with Crippen LogP contribution in [0.4, 0.5) is 5.82 Å². The van der Waals surface area contributed by atoms with Crippen molar-refractivity contribution in [1.29, 1.82) is 5.26 Å². The smallest absolute Gasteiger partial charge is 0.277 e. The van der Waals surface area contributed by atoms with Gasteiger partial charge in [-0.3, -0.25) is 14.2 Å². The van der Waals surface area contributed by atoms with E-state index in [-0.39, 0.29) is 5.69 Å². The second-order valence-electron chi connectivity index (χ2n) is 4.68. The molecule has 10 heteroatoms. The highest BCUT2D eigenvalue weighted by Crippen LogP contribution is 2.13. The van der Waals surface area contributed by atoms with Crippen molar-refractivity contribution in [1.82, 2.24) is 29.3 Å². The van der Waals surface area contributed by atoms with Gasteiger partial charge in [-0.2, -0.15) is 20.6 Å². The number of hydrogen-bond acceptors (Lipinski definition) is 5. The summed E-state index contributed by atoms with van der Waals surface area (Å²) in [6, 6.07) is 3.57. The van der Waals surface area contributed by atoms with Crippen LogP contribution in [0.15, 0.2) is 35.3 Å². The number of amides is 1. The molecule has 3 aromatic heterocycles. The first kappa shape index (κ1) is 15.0. The number of rotatable bonds is 4. The maximum absolute atomic E-state index is 12.2. The molecule has 3 aromatic rings. The van der Waals surface area contributed by atoms with Crippen molar-refractivity contribution in [2.45, 2.75) is 6.67 Å². The predicted molar refractivity (Wildman–Crippen MR) is 83.4 cm³/mol. The minimum absolute atomic E-state index is 0.237. The molecular formula is C13H11BrN8O. The van der Waals surface area contributed by atoms with E-state index >= 15 is 0 Å². The Morgan fingerprint density at radius 3 is 2.91 bits per heavy atom. The maximum Gasteiger partial charge on any atom is 0.277 e. The molecule has 0 spiro atoms. The fourth-order valence-electron chi connectivity index (χ4n) is 1.96. The summed E-state index contributed by atoms with van der Waals surface area (Å²) in [6.07, 6.45) is 6.54. The lowest BCUT2D eigenvalue weighted by Gasteiger charge is -2.04. The van der Waals surface area contributed by atoms with Crippen molar-refractivity contribution in [2.75, 3.05) is 5.32 Å². The molecule has 1 amide bonds. The Morgan fingerprint density at radius 1 is 1.39 bits per heavy atom. The lowest BCUT2D eigenvalue weighted by Crippen LogP contribution is -2.17. The Labute approximate surface area is 139 Å². The summed E-state index contributed by atoms with van der Waals surface area (Å²) in [7, 11) is 1.64. The molecule has 0 aliphatic heterocycles. The third-order valence-electron chi connectivity index (χ3n) is 3.06. The van der Waals surface area contributed by atoms with Gasteiger partial charge in [0.25, 0.3) is 5.91 Å². The van der Waals surface area contributed by atoms with E-state index in [2.05, 4.69) is 36.5 Å². The standard InChI is InChI=1S/C13H11BrN8O/c1-20-12(9(4-15)5-16-20)18-13(23)11-2-3-21(19-11)8-22-7-10(14)6-17-22/h2-3,5-7H,8H2,1H3,(H,18,23). The van der Waals surface area contributed by atoms with Crippen molar-refractivity contribution in [2.24, 2.45) is 7.05 Å². The van der Waals surface area contributed by atoms with E-state index in [1.807, 2.05) is 6.07 Å². The molecule has 0 aromatic carbocycles. The van der Waals surface area contributed by atoms with Crippen molar-refractivity contribution >= 4 is 27.7 Å². The number of aryl methyl sites for hydroxylation is 1. The van der Waals surface area contributed by atoms with Gasteiger partial charge in [0.1, 0.15) is 24.1 Å². The van der Waals surface area contributed by atoms with Crippen molar-refractivity contribution in [3.05, 3.63) is 46.6 Å². The van der Waals surface area contributed by atoms with Gasteiger partial charge in [0.2, 0.25) is 0 Å². The van der Waals surface area contributed by atoms with Crippen LogP contribution in [0.2, 0.25) is 0 Å². The highest BCUT2D eigenvalue weighted by molar-refractivity contribution is 9.10. The summed E-state index contributed by atoms with van der Waals surface area (Å²) in [4.78, 5) is 12.2. The topological polar surface area (TPSA) is 106 Å². The molecule has 0 unspecified atom stereocenters. The quantitative estimate of drug-likeness (QED) is 0.738. The van der Waals surface area contributed by atoms with E-state index in [0.29, 0.717) is 18.1 Å². The molecule has 1 N–H and O–H groups in total. The number of aromatic nitrogens is 6. The van der Waals surface area contributed by atoms with Crippen LogP contribution in [0.5, 0.6) is 0 Å². The number of halogens is 1. The van der Waals surface area contributed by atoms with Crippen LogP contribution in [0.1, 0.15) is 16.1 Å². The fraction of sp³-hybridized carbons (Fsp3) is 0.154. The summed E-state index contributed by atoms with van der Waals surface area (Å²) in [5.74, 6) is -0.0754. The Kier molecular flexibility index (Phi) is 3.94. The number of carbonyl (C=O) groups is 1. The average Bonchev–Trinajstić information content (AvgIpc) is 3.22. The second-order valence-corrected chi connectivity index (χ2v) is 5.59. The van der Waals surface area contributed by atoms with E-state index in [9.17, 15) is 4.79 Å². The van der Waals surface area contributed by atoms with E-state index < -0.39 is 5.91 Å². The van der Waals surface area contributed by atoms with E-state index in [0.717, 1.165) is 4.47 Å². The van der Waals surface area contributed by atoms with Gasteiger partial charge in [0.05, 0.1) is 16.9 Å². The molecule has 0 radical (unpaired) electrons. The highest BCUT2D eigenvalue weighted by atomic mass is 79.9. The molecule has 0 fully saturated rings. The molecule has 0 bridgehead atoms. The predicted octanol–water partition coefficient (Wildman–Crippen LogP) is 1.21. The Bertz CT molecular complexity index is 899. The van der Waals surface area contributed by atoms with Crippen LogP contribution >= 0.6 is 15.9 Å². The van der Waals surface area contributed by atoms with Gasteiger partial charge in [-0.25, -0.2) is 4.68 Å². The monoisotopic (exact) mass is 374 g/mol. The van der Waals surface area contributed by atoms with Gasteiger partial charge in [0, 0.05) is 19.4 Å². The molecule has 23 heavy (non-hydrogen) atoms. The summed E-state index contributed by atoms with van der Waals surface area (Å²) in [5.41, 5.74) is 0.531. The number of carbonyl (C=O) groups excluding carboxylic acids is 1. The third kappa shape index (κ3) is 3.14. The zero-order valence-corrected chi connectivity index (χ0v) is 13.6. The lowest BCUT2D eigenvalue weighted by atomic mass is 10.3. The zero-order valence-electron chi connectivity index (χ0n) is 12.0. The minimum atomic E-state index is -0.412. The van der Waals surface area contributed by atoms with Crippen LogP contribution in [0.3, 0.4) is 0 Å². The SMILES string of the molecule is Cn1ncc(C#N)c1NC(=O)c1ccn(Cn2cc(Br)cn2)n1. The van der Waals surface area contributed by atoms with Gasteiger partial charge < -0.3 is 5.32 Å². The molecule has 3 heterocycles. The molecule has 0 aliphatic carbocycles. The van der Waals surface area contributed by atoms with Crippen LogP contribution in [-0.2, 0) is 13.7 Å². The second kappa shape index (κ2) is 6.05. The van der Waals surface area contributed by atoms with Crippen LogP contribution in [-0.4, -0.2) is 35.2 Å². The Hall–Kier alpha value is -2.93. The Balaban J connectivity index is 1.73. The fourth-order valence-corrected chi connectivity index (χ4v) is 2.29. The zero-order chi connectivity index (χ0) is 16.4. The number of anilines is 1. The first-order valence-corrected chi connectivity index (χ1v) is 7.31. The summed E-state index contributed by atoms with van der Waals surface area (Å²) < 4.78 is 5.55. The van der Waals surface area contributed by atoms with E-state index in [1.165, 1.54) is 10.9 Å². The molecule has 0 saturated carbocycles.